The van der Waals surface area contributed by atoms with Gasteiger partial charge < -0.3 is 10.1 Å². The topological polar surface area (TPSA) is 116 Å². The molecule has 2 aromatic rings. The molecule has 120 valence electrons. The van der Waals surface area contributed by atoms with Crippen molar-refractivity contribution in [3.63, 3.8) is 0 Å². The van der Waals surface area contributed by atoms with E-state index in [9.17, 15) is 24.1 Å². The van der Waals surface area contributed by atoms with Crippen molar-refractivity contribution in [3.05, 3.63) is 52.1 Å². The van der Waals surface area contributed by atoms with Gasteiger partial charge in [0.05, 0.1) is 16.7 Å². The van der Waals surface area contributed by atoms with E-state index < -0.39 is 34.9 Å². The van der Waals surface area contributed by atoms with Gasteiger partial charge in [0.1, 0.15) is 0 Å². The van der Waals surface area contributed by atoms with Crippen molar-refractivity contribution < 1.29 is 23.6 Å². The maximum Gasteiger partial charge on any atom is 0.341 e. The molecule has 0 aliphatic heterocycles. The van der Waals surface area contributed by atoms with E-state index in [-0.39, 0.29) is 11.3 Å². The van der Waals surface area contributed by atoms with Gasteiger partial charge in [-0.25, -0.2) is 4.79 Å². The van der Waals surface area contributed by atoms with E-state index in [1.807, 2.05) is 0 Å². The summed E-state index contributed by atoms with van der Waals surface area (Å²) >= 11 is 0. The minimum atomic E-state index is -1.02. The first kappa shape index (κ1) is 16.1. The van der Waals surface area contributed by atoms with Crippen LogP contribution in [0, 0.1) is 15.9 Å². The summed E-state index contributed by atoms with van der Waals surface area (Å²) in [6, 6.07) is 2.88. The third kappa shape index (κ3) is 4.09. The first-order valence-electron chi connectivity index (χ1n) is 6.26. The number of rotatable bonds is 5. The molecule has 23 heavy (non-hydrogen) atoms. The standard InChI is InChI=1S/C13H11FN4O5/c1-17-6-8(5-15-17)13(20)23-7-12(19)16-9-2-3-10(14)11(4-9)18(21)22/h2-6H,7H2,1H3,(H,16,19). The van der Waals surface area contributed by atoms with Crippen LogP contribution in [0.15, 0.2) is 30.6 Å². The molecule has 0 aliphatic rings. The fraction of sp³-hybridized carbons (Fsp3) is 0.154. The normalized spacial score (nSPS) is 10.2. The van der Waals surface area contributed by atoms with Crippen molar-refractivity contribution in [2.45, 2.75) is 0 Å². The van der Waals surface area contributed by atoms with Crippen molar-refractivity contribution >= 4 is 23.3 Å². The Bertz CT molecular complexity index is 773. The van der Waals surface area contributed by atoms with E-state index in [1.54, 1.807) is 7.05 Å². The van der Waals surface area contributed by atoms with Gasteiger partial charge in [-0.05, 0) is 12.1 Å². The number of benzene rings is 1. The average molecular weight is 322 g/mol. The summed E-state index contributed by atoms with van der Waals surface area (Å²) in [5.41, 5.74) is -0.576. The molecule has 0 radical (unpaired) electrons. The smallest absolute Gasteiger partial charge is 0.341 e. The van der Waals surface area contributed by atoms with E-state index in [2.05, 4.69) is 10.4 Å². The molecule has 0 bridgehead atoms. The number of halogens is 1. The lowest BCUT2D eigenvalue weighted by Crippen LogP contribution is -2.20. The predicted octanol–water partition coefficient (Wildman–Crippen LogP) is 1.26. The van der Waals surface area contributed by atoms with Gasteiger partial charge in [0.15, 0.2) is 6.61 Å². The summed E-state index contributed by atoms with van der Waals surface area (Å²) in [4.78, 5) is 33.0. The molecule has 9 nitrogen and oxygen atoms in total. The summed E-state index contributed by atoms with van der Waals surface area (Å²) < 4.78 is 19.3. The monoisotopic (exact) mass is 322 g/mol. The Labute approximate surface area is 128 Å². The highest BCUT2D eigenvalue weighted by atomic mass is 19.1. The van der Waals surface area contributed by atoms with Crippen molar-refractivity contribution in [2.75, 3.05) is 11.9 Å². The van der Waals surface area contributed by atoms with Gasteiger partial charge in [0.2, 0.25) is 5.82 Å². The van der Waals surface area contributed by atoms with Gasteiger partial charge in [-0.15, -0.1) is 0 Å². The van der Waals surface area contributed by atoms with E-state index in [4.69, 9.17) is 4.74 Å². The predicted molar refractivity (Wildman–Crippen MR) is 75.2 cm³/mol. The fourth-order valence-electron chi connectivity index (χ4n) is 1.67. The van der Waals surface area contributed by atoms with Crippen LogP contribution < -0.4 is 5.32 Å². The minimum Gasteiger partial charge on any atom is -0.452 e. The molecule has 1 aromatic heterocycles. The molecule has 0 fully saturated rings. The maximum absolute atomic E-state index is 13.2. The van der Waals surface area contributed by atoms with E-state index >= 15 is 0 Å². The summed E-state index contributed by atoms with van der Waals surface area (Å²) in [7, 11) is 1.62. The van der Waals surface area contributed by atoms with Crippen molar-refractivity contribution in [2.24, 2.45) is 7.05 Å². The Balaban J connectivity index is 1.93. The van der Waals surface area contributed by atoms with E-state index in [0.29, 0.717) is 0 Å². The highest BCUT2D eigenvalue weighted by Gasteiger charge is 2.16. The molecule has 0 unspecified atom stereocenters. The second kappa shape index (κ2) is 6.64. The molecule has 0 aliphatic carbocycles. The summed E-state index contributed by atoms with van der Waals surface area (Å²) in [5, 5.41) is 16.7. The Kier molecular flexibility index (Phi) is 4.64. The number of carbonyl (C=O) groups excluding carboxylic acids is 2. The lowest BCUT2D eigenvalue weighted by atomic mass is 10.2. The van der Waals surface area contributed by atoms with Crippen LogP contribution in [0.4, 0.5) is 15.8 Å². The molecule has 0 atom stereocenters. The van der Waals surface area contributed by atoms with Crippen LogP contribution >= 0.6 is 0 Å². The Hall–Kier alpha value is -3.30. The van der Waals surface area contributed by atoms with Gasteiger partial charge in [-0.1, -0.05) is 0 Å². The number of esters is 1. The number of hydrogen-bond acceptors (Lipinski definition) is 6. The number of aryl methyl sites for hydroxylation is 1. The summed E-state index contributed by atoms with van der Waals surface area (Å²) in [6.07, 6.45) is 2.70. The molecular weight excluding hydrogens is 311 g/mol. The van der Waals surface area contributed by atoms with Gasteiger partial charge in [0.25, 0.3) is 5.91 Å². The fourth-order valence-corrected chi connectivity index (χ4v) is 1.67. The SMILES string of the molecule is Cn1cc(C(=O)OCC(=O)Nc2ccc(F)c([N+](=O)[O-])c2)cn1. The lowest BCUT2D eigenvalue weighted by Gasteiger charge is -2.06. The third-order valence-electron chi connectivity index (χ3n) is 2.70. The Morgan fingerprint density at radius 1 is 1.48 bits per heavy atom. The molecular formula is C13H11FN4O5. The number of nitrogens with zero attached hydrogens (tertiary/aromatic N) is 3. The number of hydrogen-bond donors (Lipinski definition) is 1. The van der Waals surface area contributed by atoms with E-state index in [1.165, 1.54) is 17.1 Å². The Morgan fingerprint density at radius 2 is 2.22 bits per heavy atom. The highest BCUT2D eigenvalue weighted by molar-refractivity contribution is 5.95. The third-order valence-corrected chi connectivity index (χ3v) is 2.70. The maximum atomic E-state index is 13.2. The number of amides is 1. The first-order valence-corrected chi connectivity index (χ1v) is 6.26. The zero-order valence-electron chi connectivity index (χ0n) is 11.9. The van der Waals surface area contributed by atoms with Crippen molar-refractivity contribution in [3.8, 4) is 0 Å². The van der Waals surface area contributed by atoms with Crippen LogP contribution in [0.3, 0.4) is 0 Å². The van der Waals surface area contributed by atoms with Crippen LogP contribution in [-0.4, -0.2) is 33.2 Å². The second-order valence-corrected chi connectivity index (χ2v) is 4.45. The number of aromatic nitrogens is 2. The average Bonchev–Trinajstić information content (AvgIpc) is 2.93. The number of ether oxygens (including phenoxy) is 1. The van der Waals surface area contributed by atoms with Gasteiger partial charge in [0, 0.05) is 25.0 Å². The number of nitrogens with one attached hydrogen (secondary N) is 1. The molecule has 0 spiro atoms. The van der Waals surface area contributed by atoms with Gasteiger partial charge >= 0.3 is 11.7 Å². The van der Waals surface area contributed by atoms with Gasteiger partial charge in [-0.3, -0.25) is 19.6 Å². The molecule has 10 heteroatoms. The number of anilines is 1. The lowest BCUT2D eigenvalue weighted by molar-refractivity contribution is -0.387. The summed E-state index contributed by atoms with van der Waals surface area (Å²) in [5.74, 6) is -2.47. The molecule has 2 rings (SSSR count). The van der Waals surface area contributed by atoms with Crippen molar-refractivity contribution in [1.82, 2.24) is 9.78 Å². The molecule has 0 saturated heterocycles. The Morgan fingerprint density at radius 3 is 2.83 bits per heavy atom. The van der Waals surface area contributed by atoms with Gasteiger partial charge in [-0.2, -0.15) is 9.49 Å². The van der Waals surface area contributed by atoms with Crippen LogP contribution in [0.1, 0.15) is 10.4 Å². The summed E-state index contributed by atoms with van der Waals surface area (Å²) in [6.45, 7) is -0.598. The van der Waals surface area contributed by atoms with Crippen LogP contribution in [-0.2, 0) is 16.6 Å². The van der Waals surface area contributed by atoms with Crippen LogP contribution in [0.2, 0.25) is 0 Å². The molecule has 1 heterocycles. The zero-order chi connectivity index (χ0) is 17.0. The first-order chi connectivity index (χ1) is 10.9. The quantitative estimate of drug-likeness (QED) is 0.503. The minimum absolute atomic E-state index is 0.0144. The number of nitro groups is 1. The van der Waals surface area contributed by atoms with Crippen molar-refractivity contribution in [1.29, 1.82) is 0 Å². The van der Waals surface area contributed by atoms with Crippen LogP contribution in [0.25, 0.3) is 0 Å². The van der Waals surface area contributed by atoms with E-state index in [0.717, 1.165) is 18.2 Å². The molecule has 1 amide bonds. The number of nitro benzene ring substituents is 1. The molecule has 0 saturated carbocycles. The number of carbonyl (C=O) groups is 2. The van der Waals surface area contributed by atoms with Crippen LogP contribution in [0.5, 0.6) is 0 Å². The molecule has 1 N–H and O–H groups in total. The zero-order valence-corrected chi connectivity index (χ0v) is 11.9. The second-order valence-electron chi connectivity index (χ2n) is 4.45. The largest absolute Gasteiger partial charge is 0.452 e. The molecule has 1 aromatic carbocycles. The highest BCUT2D eigenvalue weighted by Crippen LogP contribution is 2.21.